The van der Waals surface area contributed by atoms with E-state index in [9.17, 15) is 9.59 Å². The highest BCUT2D eigenvalue weighted by atomic mass is 35.5. The number of amides is 1. The second-order valence-electron chi connectivity index (χ2n) is 6.69. The summed E-state index contributed by atoms with van der Waals surface area (Å²) in [4.78, 5) is 26.5. The van der Waals surface area contributed by atoms with Crippen molar-refractivity contribution in [2.24, 2.45) is 0 Å². The fourth-order valence-corrected chi connectivity index (χ4v) is 3.15. The van der Waals surface area contributed by atoms with Gasteiger partial charge in [0.15, 0.2) is 5.78 Å². The van der Waals surface area contributed by atoms with Crippen LogP contribution in [-0.2, 0) is 4.79 Å². The van der Waals surface area contributed by atoms with Crippen LogP contribution in [0.15, 0.2) is 48.5 Å². The van der Waals surface area contributed by atoms with E-state index in [0.29, 0.717) is 23.7 Å². The van der Waals surface area contributed by atoms with Crippen molar-refractivity contribution < 1.29 is 14.3 Å². The van der Waals surface area contributed by atoms with E-state index in [1.54, 1.807) is 24.3 Å². The van der Waals surface area contributed by atoms with Crippen LogP contribution in [0, 0.1) is 0 Å². The van der Waals surface area contributed by atoms with Crippen molar-refractivity contribution in [1.29, 1.82) is 0 Å². The molecule has 0 aliphatic rings. The first-order valence-corrected chi connectivity index (χ1v) is 9.73. The number of carbonyl (C=O) groups excluding carboxylic acids is 2. The van der Waals surface area contributed by atoms with Crippen molar-refractivity contribution in [2.75, 3.05) is 27.2 Å². The van der Waals surface area contributed by atoms with Crippen molar-refractivity contribution in [2.45, 2.75) is 25.8 Å². The Kier molecular flexibility index (Phi) is 8.48. The SMILES string of the molecule is CCOc1ccc(C(=O)CCC(=O)NC[C@H](c2ccccc2Cl)N(C)C)cc1. The van der Waals surface area contributed by atoms with Gasteiger partial charge in [-0.15, -0.1) is 0 Å². The number of hydrogen-bond acceptors (Lipinski definition) is 4. The van der Waals surface area contributed by atoms with Crippen LogP contribution in [0.3, 0.4) is 0 Å². The average molecular weight is 403 g/mol. The summed E-state index contributed by atoms with van der Waals surface area (Å²) < 4.78 is 5.37. The summed E-state index contributed by atoms with van der Waals surface area (Å²) in [7, 11) is 3.88. The molecule has 28 heavy (non-hydrogen) atoms. The molecule has 150 valence electrons. The van der Waals surface area contributed by atoms with E-state index in [1.807, 2.05) is 50.2 Å². The third-order valence-corrected chi connectivity index (χ3v) is 4.79. The van der Waals surface area contributed by atoms with Gasteiger partial charge in [-0.05, 0) is 56.9 Å². The van der Waals surface area contributed by atoms with E-state index < -0.39 is 0 Å². The summed E-state index contributed by atoms with van der Waals surface area (Å²) in [5.74, 6) is 0.512. The first-order chi connectivity index (χ1) is 13.4. The number of halogens is 1. The smallest absolute Gasteiger partial charge is 0.220 e. The molecule has 0 aliphatic heterocycles. The molecular weight excluding hydrogens is 376 g/mol. The zero-order valence-corrected chi connectivity index (χ0v) is 17.3. The molecule has 1 amide bonds. The van der Waals surface area contributed by atoms with E-state index in [0.717, 1.165) is 11.3 Å². The van der Waals surface area contributed by atoms with Crippen molar-refractivity contribution in [1.82, 2.24) is 10.2 Å². The molecule has 0 aromatic heterocycles. The van der Waals surface area contributed by atoms with Gasteiger partial charge in [-0.2, -0.15) is 0 Å². The second-order valence-corrected chi connectivity index (χ2v) is 7.09. The lowest BCUT2D eigenvalue weighted by Crippen LogP contribution is -2.34. The Morgan fingerprint density at radius 1 is 1.07 bits per heavy atom. The first kappa shape index (κ1) is 21.9. The molecule has 0 spiro atoms. The molecule has 2 rings (SSSR count). The molecule has 0 fully saturated rings. The zero-order valence-electron chi connectivity index (χ0n) is 16.6. The summed E-state index contributed by atoms with van der Waals surface area (Å²) in [5.41, 5.74) is 1.54. The summed E-state index contributed by atoms with van der Waals surface area (Å²) in [6.45, 7) is 2.91. The standard InChI is InChI=1S/C22H27ClN2O3/c1-4-28-17-11-9-16(10-12-17)21(26)13-14-22(27)24-15-20(25(2)3)18-7-5-6-8-19(18)23/h5-12,20H,4,13-15H2,1-3H3,(H,24,27)/t20-/m1/s1. The summed E-state index contributed by atoms with van der Waals surface area (Å²) in [6, 6.07) is 14.5. The highest BCUT2D eigenvalue weighted by molar-refractivity contribution is 6.31. The van der Waals surface area contributed by atoms with Crippen LogP contribution in [0.4, 0.5) is 0 Å². The number of carbonyl (C=O) groups is 2. The molecule has 1 N–H and O–H groups in total. The van der Waals surface area contributed by atoms with Crippen LogP contribution >= 0.6 is 11.6 Å². The Bertz CT molecular complexity index is 791. The van der Waals surface area contributed by atoms with Crippen LogP contribution in [-0.4, -0.2) is 43.8 Å². The molecule has 0 aliphatic carbocycles. The minimum atomic E-state index is -0.154. The number of ketones is 1. The third-order valence-electron chi connectivity index (χ3n) is 4.45. The van der Waals surface area contributed by atoms with Gasteiger partial charge in [0.1, 0.15) is 5.75 Å². The predicted molar refractivity (Wildman–Crippen MR) is 112 cm³/mol. The number of benzene rings is 2. The quantitative estimate of drug-likeness (QED) is 0.607. The Hall–Kier alpha value is -2.37. The molecule has 0 radical (unpaired) electrons. The number of nitrogens with zero attached hydrogens (tertiary/aromatic N) is 1. The fraction of sp³-hybridized carbons (Fsp3) is 0.364. The van der Waals surface area contributed by atoms with E-state index in [-0.39, 0.29) is 30.6 Å². The normalized spacial score (nSPS) is 11.9. The van der Waals surface area contributed by atoms with Gasteiger partial charge in [0, 0.05) is 30.0 Å². The van der Waals surface area contributed by atoms with Gasteiger partial charge in [0.2, 0.25) is 5.91 Å². The lowest BCUT2D eigenvalue weighted by atomic mass is 10.0. The molecule has 0 saturated heterocycles. The number of nitrogens with one attached hydrogen (secondary N) is 1. The van der Waals surface area contributed by atoms with Crippen molar-refractivity contribution in [3.05, 3.63) is 64.7 Å². The van der Waals surface area contributed by atoms with Gasteiger partial charge in [-0.3, -0.25) is 9.59 Å². The van der Waals surface area contributed by atoms with Crippen molar-refractivity contribution in [3.63, 3.8) is 0 Å². The van der Waals surface area contributed by atoms with Crippen molar-refractivity contribution >= 4 is 23.3 Å². The maximum absolute atomic E-state index is 12.3. The first-order valence-electron chi connectivity index (χ1n) is 9.36. The molecule has 6 heteroatoms. The van der Waals surface area contributed by atoms with Crippen LogP contribution in [0.1, 0.15) is 41.7 Å². The maximum atomic E-state index is 12.3. The minimum Gasteiger partial charge on any atom is -0.494 e. The lowest BCUT2D eigenvalue weighted by Gasteiger charge is -2.26. The van der Waals surface area contributed by atoms with E-state index in [4.69, 9.17) is 16.3 Å². The van der Waals surface area contributed by atoms with E-state index in [2.05, 4.69) is 5.32 Å². The average Bonchev–Trinajstić information content (AvgIpc) is 2.68. The van der Waals surface area contributed by atoms with Gasteiger partial charge >= 0.3 is 0 Å². The fourth-order valence-electron chi connectivity index (χ4n) is 2.89. The largest absolute Gasteiger partial charge is 0.494 e. The highest BCUT2D eigenvalue weighted by Gasteiger charge is 2.18. The highest BCUT2D eigenvalue weighted by Crippen LogP contribution is 2.25. The molecule has 0 unspecified atom stereocenters. The second kappa shape index (κ2) is 10.8. The van der Waals surface area contributed by atoms with Gasteiger partial charge in [0.05, 0.1) is 12.6 Å². The molecule has 5 nitrogen and oxygen atoms in total. The van der Waals surface area contributed by atoms with Gasteiger partial charge < -0.3 is 15.0 Å². The lowest BCUT2D eigenvalue weighted by molar-refractivity contribution is -0.121. The molecule has 2 aromatic carbocycles. The van der Waals surface area contributed by atoms with Crippen LogP contribution in [0.2, 0.25) is 5.02 Å². The number of rotatable bonds is 10. The molecule has 2 aromatic rings. The van der Waals surface area contributed by atoms with Gasteiger partial charge in [0.25, 0.3) is 0 Å². The zero-order chi connectivity index (χ0) is 20.5. The van der Waals surface area contributed by atoms with Crippen molar-refractivity contribution in [3.8, 4) is 5.75 Å². The topological polar surface area (TPSA) is 58.6 Å². The van der Waals surface area contributed by atoms with Crippen LogP contribution in [0.5, 0.6) is 5.75 Å². The molecule has 0 heterocycles. The Morgan fingerprint density at radius 3 is 2.36 bits per heavy atom. The van der Waals surface area contributed by atoms with E-state index >= 15 is 0 Å². The Morgan fingerprint density at radius 2 is 1.75 bits per heavy atom. The number of hydrogen-bond donors (Lipinski definition) is 1. The Labute approximate surface area is 171 Å². The minimum absolute atomic E-state index is 0.0422. The van der Waals surface area contributed by atoms with Gasteiger partial charge in [-0.1, -0.05) is 29.8 Å². The number of Topliss-reactive ketones (excluding diaryl/α,β-unsaturated/α-hetero) is 1. The monoisotopic (exact) mass is 402 g/mol. The third kappa shape index (κ3) is 6.36. The number of ether oxygens (including phenoxy) is 1. The Balaban J connectivity index is 1.85. The summed E-state index contributed by atoms with van der Waals surface area (Å²) in [6.07, 6.45) is 0.313. The molecule has 0 saturated carbocycles. The molecule has 1 atom stereocenters. The molecule has 0 bridgehead atoms. The summed E-state index contributed by atoms with van der Waals surface area (Å²) in [5, 5.41) is 3.58. The van der Waals surface area contributed by atoms with Crippen LogP contribution in [0.25, 0.3) is 0 Å². The number of likely N-dealkylation sites (N-methyl/N-ethyl adjacent to an activating group) is 1. The van der Waals surface area contributed by atoms with Crippen LogP contribution < -0.4 is 10.1 Å². The predicted octanol–water partition coefficient (Wildman–Crippen LogP) is 4.12. The maximum Gasteiger partial charge on any atom is 0.220 e. The molecular formula is C22H27ClN2O3. The van der Waals surface area contributed by atoms with Gasteiger partial charge in [-0.25, -0.2) is 0 Å². The van der Waals surface area contributed by atoms with E-state index in [1.165, 1.54) is 0 Å². The summed E-state index contributed by atoms with van der Waals surface area (Å²) >= 11 is 6.29.